The van der Waals surface area contributed by atoms with Crippen molar-refractivity contribution in [2.45, 2.75) is 30.3 Å². The Kier molecular flexibility index (Phi) is 6.17. The summed E-state index contributed by atoms with van der Waals surface area (Å²) in [6.45, 7) is 1.87. The number of carbonyl (C=O) groups excluding carboxylic acids is 3. The number of aromatic nitrogens is 3. The van der Waals surface area contributed by atoms with E-state index in [2.05, 4.69) is 20.8 Å². The second kappa shape index (κ2) is 8.33. The molecule has 1 unspecified atom stereocenters. The number of primary amides is 1. The number of rotatable bonds is 7. The first kappa shape index (κ1) is 18.5. The van der Waals surface area contributed by atoms with Gasteiger partial charge in [0.1, 0.15) is 0 Å². The number of carbonyl (C=O) groups is 3. The van der Waals surface area contributed by atoms with E-state index >= 15 is 0 Å². The van der Waals surface area contributed by atoms with Crippen molar-refractivity contribution >= 4 is 29.6 Å². The Morgan fingerprint density at radius 3 is 2.76 bits per heavy atom. The molecule has 0 aliphatic heterocycles. The lowest BCUT2D eigenvalue weighted by atomic mass is 10.3. The molecule has 134 valence electrons. The largest absolute Gasteiger partial charge is 0.461 e. The van der Waals surface area contributed by atoms with E-state index in [0.29, 0.717) is 16.7 Å². The Morgan fingerprint density at radius 2 is 2.16 bits per heavy atom. The van der Waals surface area contributed by atoms with E-state index in [4.69, 9.17) is 10.2 Å². The fraction of sp³-hybridized carbons (Fsp3) is 0.357. The van der Waals surface area contributed by atoms with Gasteiger partial charge in [-0.15, -0.1) is 10.2 Å². The minimum atomic E-state index is -0.613. The van der Waals surface area contributed by atoms with Crippen molar-refractivity contribution < 1.29 is 18.8 Å². The molecular formula is C14H18N6O4S. The molecule has 2 heterocycles. The predicted octanol–water partition coefficient (Wildman–Crippen LogP) is 0.350. The lowest BCUT2D eigenvalue weighted by molar-refractivity contribution is -0.119. The van der Waals surface area contributed by atoms with Gasteiger partial charge in [0, 0.05) is 20.0 Å². The highest BCUT2D eigenvalue weighted by molar-refractivity contribution is 8.00. The van der Waals surface area contributed by atoms with Crippen LogP contribution in [-0.2, 0) is 16.1 Å². The van der Waals surface area contributed by atoms with E-state index in [1.54, 1.807) is 23.6 Å². The van der Waals surface area contributed by atoms with Gasteiger partial charge in [0.25, 0.3) is 0 Å². The van der Waals surface area contributed by atoms with Crippen LogP contribution in [0.1, 0.15) is 13.3 Å². The summed E-state index contributed by atoms with van der Waals surface area (Å²) in [6.07, 6.45) is 1.58. The summed E-state index contributed by atoms with van der Waals surface area (Å²) in [6, 6.07) is 2.82. The third-order valence-corrected chi connectivity index (χ3v) is 4.24. The Hall–Kier alpha value is -2.82. The van der Waals surface area contributed by atoms with E-state index in [1.165, 1.54) is 13.3 Å². The molecular weight excluding hydrogens is 348 g/mol. The topological polar surface area (TPSA) is 145 Å². The van der Waals surface area contributed by atoms with Gasteiger partial charge < -0.3 is 15.5 Å². The number of imide groups is 1. The molecule has 0 saturated carbocycles. The van der Waals surface area contributed by atoms with E-state index in [9.17, 15) is 14.4 Å². The first-order chi connectivity index (χ1) is 11.9. The monoisotopic (exact) mass is 366 g/mol. The maximum absolute atomic E-state index is 12.0. The average molecular weight is 366 g/mol. The lowest BCUT2D eigenvalue weighted by Crippen LogP contribution is -2.41. The molecule has 1 atom stereocenters. The molecule has 10 nitrogen and oxygen atoms in total. The summed E-state index contributed by atoms with van der Waals surface area (Å²) in [7, 11) is 1.41. The Labute approximate surface area is 147 Å². The molecule has 4 amide bonds. The van der Waals surface area contributed by atoms with Gasteiger partial charge in [-0.3, -0.25) is 19.5 Å². The maximum atomic E-state index is 12.0. The highest BCUT2D eigenvalue weighted by Crippen LogP contribution is 2.27. The van der Waals surface area contributed by atoms with Gasteiger partial charge in [-0.1, -0.05) is 11.8 Å². The first-order valence-corrected chi connectivity index (χ1v) is 8.25. The standard InChI is InChI=1S/C14H18N6O4S/c1-8(12(22)17-13(23)16-2)25-14-19-18-11(9-4-3-7-24-9)20(14)6-5-10(15)21/h3-4,7-8H,5-6H2,1-2H3,(H2,15,21)(H2,16,17,22,23). The molecule has 0 fully saturated rings. The number of amides is 4. The Balaban J connectivity index is 2.20. The van der Waals surface area contributed by atoms with Crippen molar-refractivity contribution in [3.63, 3.8) is 0 Å². The second-order valence-electron chi connectivity index (χ2n) is 4.98. The zero-order chi connectivity index (χ0) is 18.4. The van der Waals surface area contributed by atoms with E-state index in [-0.39, 0.29) is 13.0 Å². The number of nitrogens with zero attached hydrogens (tertiary/aromatic N) is 3. The van der Waals surface area contributed by atoms with Crippen molar-refractivity contribution in [3.8, 4) is 11.6 Å². The zero-order valence-corrected chi connectivity index (χ0v) is 14.5. The molecule has 11 heteroatoms. The minimum absolute atomic E-state index is 0.0815. The van der Waals surface area contributed by atoms with Crippen LogP contribution < -0.4 is 16.4 Å². The molecule has 0 aliphatic carbocycles. The van der Waals surface area contributed by atoms with Crippen molar-refractivity contribution in [3.05, 3.63) is 18.4 Å². The van der Waals surface area contributed by atoms with Gasteiger partial charge in [-0.25, -0.2) is 4.79 Å². The SMILES string of the molecule is CNC(=O)NC(=O)C(C)Sc1nnc(-c2ccco2)n1CCC(N)=O. The normalized spacial score (nSPS) is 11.8. The summed E-state index contributed by atoms with van der Waals surface area (Å²) < 4.78 is 6.97. The van der Waals surface area contributed by atoms with Gasteiger partial charge in [0.05, 0.1) is 11.5 Å². The number of hydrogen-bond donors (Lipinski definition) is 3. The quantitative estimate of drug-likeness (QED) is 0.599. The van der Waals surface area contributed by atoms with Crippen molar-refractivity contribution in [1.82, 2.24) is 25.4 Å². The molecule has 2 aromatic rings. The van der Waals surface area contributed by atoms with Crippen LogP contribution >= 0.6 is 11.8 Å². The van der Waals surface area contributed by atoms with Gasteiger partial charge >= 0.3 is 6.03 Å². The molecule has 25 heavy (non-hydrogen) atoms. The number of hydrogen-bond acceptors (Lipinski definition) is 7. The van der Waals surface area contributed by atoms with Crippen LogP contribution in [0.3, 0.4) is 0 Å². The molecule has 0 bridgehead atoms. The van der Waals surface area contributed by atoms with Crippen molar-refractivity contribution in [2.75, 3.05) is 7.05 Å². The lowest BCUT2D eigenvalue weighted by Gasteiger charge is -2.12. The average Bonchev–Trinajstić information content (AvgIpc) is 3.21. The van der Waals surface area contributed by atoms with E-state index in [0.717, 1.165) is 11.8 Å². The summed E-state index contributed by atoms with van der Waals surface area (Å²) in [5.74, 6) is -0.0484. The van der Waals surface area contributed by atoms with Crippen LogP contribution in [0.5, 0.6) is 0 Å². The number of urea groups is 1. The maximum Gasteiger partial charge on any atom is 0.321 e. The van der Waals surface area contributed by atoms with Crippen LogP contribution in [0.4, 0.5) is 4.79 Å². The highest BCUT2D eigenvalue weighted by Gasteiger charge is 2.22. The van der Waals surface area contributed by atoms with Gasteiger partial charge in [-0.05, 0) is 19.1 Å². The number of furan rings is 1. The summed E-state index contributed by atoms with van der Waals surface area (Å²) >= 11 is 1.10. The Bertz CT molecular complexity index is 757. The molecule has 4 N–H and O–H groups in total. The number of nitrogens with one attached hydrogen (secondary N) is 2. The molecule has 0 aliphatic rings. The second-order valence-corrected chi connectivity index (χ2v) is 6.29. The molecule has 2 rings (SSSR count). The fourth-order valence-corrected chi connectivity index (χ4v) is 2.75. The molecule has 0 spiro atoms. The molecule has 0 radical (unpaired) electrons. The van der Waals surface area contributed by atoms with Crippen LogP contribution in [-0.4, -0.2) is 44.9 Å². The van der Waals surface area contributed by atoms with E-state index < -0.39 is 23.1 Å². The molecule has 0 saturated heterocycles. The predicted molar refractivity (Wildman–Crippen MR) is 89.5 cm³/mol. The highest BCUT2D eigenvalue weighted by atomic mass is 32.2. The van der Waals surface area contributed by atoms with Crippen LogP contribution in [0, 0.1) is 0 Å². The zero-order valence-electron chi connectivity index (χ0n) is 13.7. The van der Waals surface area contributed by atoms with Crippen molar-refractivity contribution in [1.29, 1.82) is 0 Å². The summed E-state index contributed by atoms with van der Waals surface area (Å²) in [5.41, 5.74) is 5.22. The number of nitrogens with two attached hydrogens (primary N) is 1. The molecule has 2 aromatic heterocycles. The minimum Gasteiger partial charge on any atom is -0.461 e. The first-order valence-electron chi connectivity index (χ1n) is 7.37. The van der Waals surface area contributed by atoms with Crippen LogP contribution in [0.2, 0.25) is 0 Å². The van der Waals surface area contributed by atoms with Gasteiger partial charge in [-0.2, -0.15) is 0 Å². The molecule has 0 aromatic carbocycles. The number of thioether (sulfide) groups is 1. The summed E-state index contributed by atoms with van der Waals surface area (Å²) in [4.78, 5) is 34.3. The van der Waals surface area contributed by atoms with Crippen LogP contribution in [0.15, 0.2) is 28.0 Å². The summed E-state index contributed by atoms with van der Waals surface area (Å²) in [5, 5.41) is 12.4. The third-order valence-electron chi connectivity index (χ3n) is 3.16. The van der Waals surface area contributed by atoms with Gasteiger partial charge in [0.2, 0.25) is 11.8 Å². The fourth-order valence-electron chi connectivity index (χ4n) is 1.88. The Morgan fingerprint density at radius 1 is 1.40 bits per heavy atom. The smallest absolute Gasteiger partial charge is 0.321 e. The van der Waals surface area contributed by atoms with Crippen molar-refractivity contribution in [2.24, 2.45) is 5.73 Å². The van der Waals surface area contributed by atoms with E-state index in [1.807, 2.05) is 0 Å². The van der Waals surface area contributed by atoms with Crippen LogP contribution in [0.25, 0.3) is 11.6 Å². The van der Waals surface area contributed by atoms with Gasteiger partial charge in [0.15, 0.2) is 16.7 Å². The third kappa shape index (κ3) is 4.83.